The second-order valence-electron chi connectivity index (χ2n) is 10.0. The molecule has 180 valence electrons. The molecule has 0 fully saturated rings. The molecule has 1 N–H and O–H groups in total. The van der Waals surface area contributed by atoms with Gasteiger partial charge in [0.15, 0.2) is 5.78 Å². The van der Waals surface area contributed by atoms with Gasteiger partial charge in [0.05, 0.1) is 0 Å². The summed E-state index contributed by atoms with van der Waals surface area (Å²) < 4.78 is 5.96. The van der Waals surface area contributed by atoms with E-state index in [4.69, 9.17) is 4.74 Å². The molecule has 0 bridgehead atoms. The van der Waals surface area contributed by atoms with Gasteiger partial charge in [-0.3, -0.25) is 4.79 Å². The van der Waals surface area contributed by atoms with Crippen molar-refractivity contribution in [3.63, 3.8) is 0 Å². The standard InChI is InChI=1S/C34H27NO2/c36-34(25-18-23-9-4-6-12-33(23)37-21-25)24-19-30-28-14-13-22-8-3-5-10-26(22)27(28)15-16-29(30)31(20-24)32-11-2-1-7-17-35-32/h1-12,14-19,24,31,35H,13,20-21H2. The van der Waals surface area contributed by atoms with Crippen LogP contribution in [0.3, 0.4) is 0 Å². The summed E-state index contributed by atoms with van der Waals surface area (Å²) >= 11 is 0. The molecule has 3 nitrogen and oxygen atoms in total. The molecule has 4 aliphatic rings. The van der Waals surface area contributed by atoms with Crippen LogP contribution in [0.15, 0.2) is 102 Å². The lowest BCUT2D eigenvalue weighted by molar-refractivity contribution is -0.118. The Morgan fingerprint density at radius 2 is 1.78 bits per heavy atom. The zero-order chi connectivity index (χ0) is 24.8. The Kier molecular flexibility index (Phi) is 5.28. The summed E-state index contributed by atoms with van der Waals surface area (Å²) in [6.07, 6.45) is 18.4. The van der Waals surface area contributed by atoms with Crippen LogP contribution in [0.4, 0.5) is 0 Å². The molecule has 0 spiro atoms. The van der Waals surface area contributed by atoms with E-state index in [2.05, 4.69) is 66.0 Å². The van der Waals surface area contributed by atoms with Crippen molar-refractivity contribution in [2.45, 2.75) is 18.8 Å². The Morgan fingerprint density at radius 1 is 0.892 bits per heavy atom. The van der Waals surface area contributed by atoms with Crippen molar-refractivity contribution in [2.24, 2.45) is 5.92 Å². The van der Waals surface area contributed by atoms with Gasteiger partial charge in [-0.05, 0) is 69.8 Å². The number of fused-ring (bicyclic) bond motifs is 6. The number of nitrogens with one attached hydrogen (secondary N) is 1. The molecule has 2 aliphatic carbocycles. The van der Waals surface area contributed by atoms with Crippen LogP contribution in [0.25, 0.3) is 29.4 Å². The third kappa shape index (κ3) is 3.79. The Labute approximate surface area is 216 Å². The minimum atomic E-state index is -0.228. The minimum absolute atomic E-state index is 0.0922. The molecule has 2 aliphatic heterocycles. The molecule has 37 heavy (non-hydrogen) atoms. The predicted molar refractivity (Wildman–Crippen MR) is 149 cm³/mol. The first-order valence-corrected chi connectivity index (χ1v) is 13.0. The lowest BCUT2D eigenvalue weighted by Gasteiger charge is -2.30. The Hall–Kier alpha value is -4.37. The third-order valence-corrected chi connectivity index (χ3v) is 7.89. The van der Waals surface area contributed by atoms with Crippen LogP contribution in [0.1, 0.15) is 29.0 Å². The summed E-state index contributed by atoms with van der Waals surface area (Å²) in [5.41, 5.74) is 7.99. The third-order valence-electron chi connectivity index (χ3n) is 7.89. The highest BCUT2D eigenvalue weighted by atomic mass is 16.5. The van der Waals surface area contributed by atoms with E-state index in [1.165, 1.54) is 32.7 Å². The Balaban J connectivity index is 1.38. The van der Waals surface area contributed by atoms with Crippen LogP contribution < -0.4 is 20.5 Å². The van der Waals surface area contributed by atoms with Crippen molar-refractivity contribution in [3.8, 4) is 16.9 Å². The molecule has 0 saturated heterocycles. The number of ketones is 1. The summed E-state index contributed by atoms with van der Waals surface area (Å²) in [4.78, 5) is 14.0. The molecule has 0 aromatic heterocycles. The number of allylic oxidation sites excluding steroid dienone is 5. The number of rotatable bonds is 3. The lowest BCUT2D eigenvalue weighted by atomic mass is 9.75. The van der Waals surface area contributed by atoms with E-state index < -0.39 is 0 Å². The van der Waals surface area contributed by atoms with Gasteiger partial charge in [0.2, 0.25) is 0 Å². The number of carbonyl (C=O) groups is 1. The highest BCUT2D eigenvalue weighted by Gasteiger charge is 2.32. The Morgan fingerprint density at radius 3 is 2.76 bits per heavy atom. The first kappa shape index (κ1) is 21.9. The highest BCUT2D eigenvalue weighted by Crippen LogP contribution is 2.36. The normalized spacial score (nSPS) is 20.6. The van der Waals surface area contributed by atoms with E-state index in [1.54, 1.807) is 0 Å². The maximum atomic E-state index is 14.0. The molecule has 0 amide bonds. The van der Waals surface area contributed by atoms with E-state index in [0.29, 0.717) is 6.61 Å². The largest absolute Gasteiger partial charge is 0.488 e. The number of benzene rings is 3. The minimum Gasteiger partial charge on any atom is -0.488 e. The van der Waals surface area contributed by atoms with E-state index in [-0.39, 0.29) is 17.6 Å². The van der Waals surface area contributed by atoms with Crippen molar-refractivity contribution >= 4 is 24.0 Å². The predicted octanol–water partition coefficient (Wildman–Crippen LogP) is 5.18. The number of hydrogen-bond donors (Lipinski definition) is 1. The van der Waals surface area contributed by atoms with E-state index in [1.807, 2.05) is 48.7 Å². The van der Waals surface area contributed by atoms with Crippen molar-refractivity contribution in [2.75, 3.05) is 6.61 Å². The molecule has 3 aromatic rings. The first-order valence-electron chi connectivity index (χ1n) is 13.0. The molecular formula is C34H27NO2. The number of para-hydroxylation sites is 1. The quantitative estimate of drug-likeness (QED) is 0.561. The average molecular weight is 482 g/mol. The fourth-order valence-corrected chi connectivity index (χ4v) is 6.08. The monoisotopic (exact) mass is 481 g/mol. The fourth-order valence-electron chi connectivity index (χ4n) is 6.08. The summed E-state index contributed by atoms with van der Waals surface area (Å²) in [6.45, 7) is 0.316. The van der Waals surface area contributed by atoms with Crippen molar-refractivity contribution in [1.82, 2.24) is 5.32 Å². The molecule has 7 rings (SSSR count). The zero-order valence-corrected chi connectivity index (χ0v) is 20.5. The van der Waals surface area contributed by atoms with Gasteiger partial charge < -0.3 is 10.1 Å². The van der Waals surface area contributed by atoms with E-state index >= 15 is 0 Å². The Bertz CT molecular complexity index is 1680. The molecule has 2 heterocycles. The van der Waals surface area contributed by atoms with Crippen molar-refractivity contribution < 1.29 is 9.53 Å². The number of Topliss-reactive ketones (excluding diaryl/α,β-unsaturated/α-hetero) is 1. The molecule has 2 atom stereocenters. The number of carbonyl (C=O) groups excluding carboxylic acids is 1. The molecule has 0 radical (unpaired) electrons. The SMILES string of the molecule is O=C(C1=Cc2ccccc2OC1)C1C=c2c(ccc3c2=CCc2ccccc2-3)C(C2=CC=CC=CN2)C1. The number of hydrogen-bond acceptors (Lipinski definition) is 3. The first-order chi connectivity index (χ1) is 18.3. The van der Waals surface area contributed by atoms with Gasteiger partial charge in [0.25, 0.3) is 0 Å². The second kappa shape index (κ2) is 8.94. The van der Waals surface area contributed by atoms with Gasteiger partial charge in [-0.2, -0.15) is 0 Å². The van der Waals surface area contributed by atoms with E-state index in [0.717, 1.165) is 35.4 Å². The maximum Gasteiger partial charge on any atom is 0.169 e. The van der Waals surface area contributed by atoms with Crippen molar-refractivity contribution in [3.05, 3.63) is 130 Å². The van der Waals surface area contributed by atoms with Crippen LogP contribution >= 0.6 is 0 Å². The summed E-state index contributed by atoms with van der Waals surface area (Å²) in [7, 11) is 0. The fraction of sp³-hybridized carbons (Fsp3) is 0.147. The smallest absolute Gasteiger partial charge is 0.169 e. The molecular weight excluding hydrogens is 454 g/mol. The summed E-state index contributed by atoms with van der Waals surface area (Å²) in [5, 5.41) is 5.93. The molecule has 3 heteroatoms. The van der Waals surface area contributed by atoms with Gasteiger partial charge in [-0.1, -0.05) is 78.9 Å². The molecule has 2 unspecified atom stereocenters. The second-order valence-corrected chi connectivity index (χ2v) is 10.0. The molecule has 0 saturated carbocycles. The number of ether oxygens (including phenoxy) is 1. The lowest BCUT2D eigenvalue weighted by Crippen LogP contribution is -2.40. The van der Waals surface area contributed by atoms with Crippen LogP contribution in [0.5, 0.6) is 5.75 Å². The van der Waals surface area contributed by atoms with Crippen LogP contribution in [-0.4, -0.2) is 12.4 Å². The van der Waals surface area contributed by atoms with E-state index in [9.17, 15) is 4.79 Å². The van der Waals surface area contributed by atoms with Crippen LogP contribution in [0.2, 0.25) is 0 Å². The average Bonchev–Trinajstić information content (AvgIpc) is 3.25. The van der Waals surface area contributed by atoms with Crippen LogP contribution in [-0.2, 0) is 11.2 Å². The zero-order valence-electron chi connectivity index (χ0n) is 20.5. The topological polar surface area (TPSA) is 38.3 Å². The maximum absolute atomic E-state index is 14.0. The van der Waals surface area contributed by atoms with Gasteiger partial charge in [-0.15, -0.1) is 0 Å². The summed E-state index contributed by atoms with van der Waals surface area (Å²) in [5.74, 6) is 0.853. The van der Waals surface area contributed by atoms with Crippen LogP contribution in [0, 0.1) is 5.92 Å². The highest BCUT2D eigenvalue weighted by molar-refractivity contribution is 6.05. The molecule has 3 aromatic carbocycles. The van der Waals surface area contributed by atoms with Crippen molar-refractivity contribution in [1.29, 1.82) is 0 Å². The van der Waals surface area contributed by atoms with Gasteiger partial charge in [0, 0.05) is 34.9 Å². The summed E-state index contributed by atoms with van der Waals surface area (Å²) in [6, 6.07) is 21.1. The van der Waals surface area contributed by atoms with Gasteiger partial charge in [-0.25, -0.2) is 0 Å². The van der Waals surface area contributed by atoms with Gasteiger partial charge >= 0.3 is 0 Å². The van der Waals surface area contributed by atoms with Gasteiger partial charge in [0.1, 0.15) is 12.4 Å².